The summed E-state index contributed by atoms with van der Waals surface area (Å²) in [5, 5.41) is 3.51. The van der Waals surface area contributed by atoms with Crippen LogP contribution in [0.3, 0.4) is 0 Å². The average molecular weight is 402 g/mol. The van der Waals surface area contributed by atoms with Gasteiger partial charge in [-0.3, -0.25) is 9.59 Å². The second-order valence-corrected chi connectivity index (χ2v) is 8.43. The van der Waals surface area contributed by atoms with Crippen LogP contribution in [0.2, 0.25) is 0 Å². The largest absolute Gasteiger partial charge is 0.356 e. The number of benzene rings is 1. The Kier molecular flexibility index (Phi) is 8.30. The highest BCUT2D eigenvalue weighted by Crippen LogP contribution is 2.27. The third-order valence-electron chi connectivity index (χ3n) is 4.84. The topological polar surface area (TPSA) is 64.0 Å². The predicted octanol–water partition coefficient (Wildman–Crippen LogP) is 4.34. The van der Waals surface area contributed by atoms with Crippen LogP contribution in [-0.4, -0.2) is 33.0 Å². The van der Waals surface area contributed by atoms with Crippen molar-refractivity contribution in [2.24, 2.45) is 0 Å². The van der Waals surface area contributed by atoms with E-state index in [0.717, 1.165) is 42.2 Å². The van der Waals surface area contributed by atoms with E-state index in [1.54, 1.807) is 0 Å². The van der Waals surface area contributed by atoms with Crippen molar-refractivity contribution in [3.63, 3.8) is 0 Å². The highest BCUT2D eigenvalue weighted by Gasteiger charge is 2.20. The Hall–Kier alpha value is -2.08. The van der Waals surface area contributed by atoms with Crippen LogP contribution >= 0.6 is 11.8 Å². The number of unbranched alkanes of at least 4 members (excludes halogenated alkanes) is 1. The molecule has 1 N–H and O–H groups in total. The zero-order chi connectivity index (χ0) is 20.7. The van der Waals surface area contributed by atoms with Gasteiger partial charge >= 0.3 is 0 Å². The van der Waals surface area contributed by atoms with Crippen molar-refractivity contribution in [2.45, 2.75) is 70.8 Å². The Bertz CT molecular complexity index is 812. The fraction of sp³-hybridized carbons (Fsp3) is 0.500. The first-order valence-electron chi connectivity index (χ1n) is 9.91. The normalized spacial score (nSPS) is 12.0. The van der Waals surface area contributed by atoms with Crippen LogP contribution in [0.25, 0.3) is 0 Å². The van der Waals surface area contributed by atoms with Crippen molar-refractivity contribution in [1.29, 1.82) is 0 Å². The summed E-state index contributed by atoms with van der Waals surface area (Å²) in [7, 11) is 0. The van der Waals surface area contributed by atoms with E-state index in [1.807, 2.05) is 38.1 Å². The van der Waals surface area contributed by atoms with Crippen molar-refractivity contribution in [3.8, 4) is 0 Å². The molecule has 0 spiro atoms. The van der Waals surface area contributed by atoms with Gasteiger partial charge in [-0.25, -0.2) is 4.98 Å². The molecule has 5 nitrogen and oxygen atoms in total. The van der Waals surface area contributed by atoms with Gasteiger partial charge in [0.1, 0.15) is 0 Å². The number of rotatable bonds is 10. The molecule has 6 heteroatoms. The first-order chi connectivity index (χ1) is 13.3. The number of ketones is 1. The molecule has 2 rings (SSSR count). The minimum Gasteiger partial charge on any atom is -0.356 e. The number of carbonyl (C=O) groups excluding carboxylic acids is 2. The van der Waals surface area contributed by atoms with Crippen LogP contribution < -0.4 is 5.32 Å². The standard InChI is InChI=1S/C22H31N3O2S/c1-6-7-14-25-16(3)15(2)24-22(25)28-17(4)21(27)20-10-8-19(9-11-20)12-13-23-18(5)26/h8-11,17H,6-7,12-14H2,1-5H3,(H,23,26). The van der Waals surface area contributed by atoms with Crippen LogP contribution in [0.15, 0.2) is 29.4 Å². The number of nitrogens with one attached hydrogen (secondary N) is 1. The van der Waals surface area contributed by atoms with Gasteiger partial charge in [-0.1, -0.05) is 49.4 Å². The molecule has 28 heavy (non-hydrogen) atoms. The van der Waals surface area contributed by atoms with Crippen molar-refractivity contribution in [2.75, 3.05) is 6.54 Å². The Morgan fingerprint density at radius 1 is 1.21 bits per heavy atom. The van der Waals surface area contributed by atoms with E-state index in [1.165, 1.54) is 24.4 Å². The van der Waals surface area contributed by atoms with Gasteiger partial charge < -0.3 is 9.88 Å². The van der Waals surface area contributed by atoms with E-state index >= 15 is 0 Å². The minimum absolute atomic E-state index is 0.0274. The number of aryl methyl sites for hydroxylation is 1. The highest BCUT2D eigenvalue weighted by molar-refractivity contribution is 8.00. The van der Waals surface area contributed by atoms with Crippen molar-refractivity contribution in [3.05, 3.63) is 46.8 Å². The summed E-state index contributed by atoms with van der Waals surface area (Å²) in [6.07, 6.45) is 2.99. The number of carbonyl (C=O) groups is 2. The van der Waals surface area contributed by atoms with Crippen molar-refractivity contribution >= 4 is 23.5 Å². The minimum atomic E-state index is -0.202. The first-order valence-corrected chi connectivity index (χ1v) is 10.8. The number of nitrogens with zero attached hydrogens (tertiary/aromatic N) is 2. The molecule has 0 aliphatic heterocycles. The first kappa shape index (κ1) is 22.2. The van der Waals surface area contributed by atoms with Crippen LogP contribution in [-0.2, 0) is 17.8 Å². The smallest absolute Gasteiger partial charge is 0.216 e. The Labute approximate surface area is 172 Å². The molecule has 0 bridgehead atoms. The second kappa shape index (κ2) is 10.5. The van der Waals surface area contributed by atoms with Gasteiger partial charge in [0, 0.05) is 31.3 Å². The number of amides is 1. The zero-order valence-corrected chi connectivity index (χ0v) is 18.4. The summed E-state index contributed by atoms with van der Waals surface area (Å²) in [6.45, 7) is 11.3. The molecule has 2 aromatic rings. The average Bonchev–Trinajstić information content (AvgIpc) is 2.93. The molecule has 0 saturated heterocycles. The van der Waals surface area contributed by atoms with Crippen molar-refractivity contribution in [1.82, 2.24) is 14.9 Å². The number of hydrogen-bond donors (Lipinski definition) is 1. The van der Waals surface area contributed by atoms with Gasteiger partial charge in [0.25, 0.3) is 0 Å². The van der Waals surface area contributed by atoms with Crippen LogP contribution in [0.4, 0.5) is 0 Å². The van der Waals surface area contributed by atoms with Gasteiger partial charge in [-0.05, 0) is 39.2 Å². The third-order valence-corrected chi connectivity index (χ3v) is 5.93. The zero-order valence-electron chi connectivity index (χ0n) is 17.5. The Balaban J connectivity index is 2.03. The summed E-state index contributed by atoms with van der Waals surface area (Å²) in [4.78, 5) is 28.5. The quantitative estimate of drug-likeness (QED) is 0.475. The molecular formula is C22H31N3O2S. The summed E-state index contributed by atoms with van der Waals surface area (Å²) >= 11 is 1.53. The number of imidazole rings is 1. The SMILES string of the molecule is CCCCn1c(SC(C)C(=O)c2ccc(CCNC(C)=O)cc2)nc(C)c1C. The summed E-state index contributed by atoms with van der Waals surface area (Å²) in [5.41, 5.74) is 4.02. The van der Waals surface area contributed by atoms with E-state index in [0.29, 0.717) is 12.1 Å². The molecule has 1 amide bonds. The highest BCUT2D eigenvalue weighted by atomic mass is 32.2. The number of Topliss-reactive ketones (excluding diaryl/α,β-unsaturated/α-hetero) is 1. The van der Waals surface area contributed by atoms with E-state index in [9.17, 15) is 9.59 Å². The maximum Gasteiger partial charge on any atom is 0.216 e. The van der Waals surface area contributed by atoms with Gasteiger partial charge in [0.05, 0.1) is 10.9 Å². The number of aromatic nitrogens is 2. The molecule has 1 aromatic heterocycles. The van der Waals surface area contributed by atoms with E-state index in [2.05, 4.69) is 28.7 Å². The number of hydrogen-bond acceptors (Lipinski definition) is 4. The van der Waals surface area contributed by atoms with E-state index < -0.39 is 0 Å². The molecule has 1 atom stereocenters. The molecule has 1 aromatic carbocycles. The monoisotopic (exact) mass is 401 g/mol. The van der Waals surface area contributed by atoms with Crippen molar-refractivity contribution < 1.29 is 9.59 Å². The molecule has 0 aliphatic rings. The Morgan fingerprint density at radius 3 is 2.50 bits per heavy atom. The van der Waals surface area contributed by atoms with E-state index in [-0.39, 0.29) is 16.9 Å². The maximum atomic E-state index is 12.9. The summed E-state index contributed by atoms with van der Waals surface area (Å²) < 4.78 is 2.23. The number of thioether (sulfide) groups is 1. The summed E-state index contributed by atoms with van der Waals surface area (Å²) in [5.74, 6) is 0.0826. The molecule has 1 unspecified atom stereocenters. The fourth-order valence-electron chi connectivity index (χ4n) is 2.96. The maximum absolute atomic E-state index is 12.9. The second-order valence-electron chi connectivity index (χ2n) is 7.12. The molecule has 152 valence electrons. The molecule has 0 fully saturated rings. The lowest BCUT2D eigenvalue weighted by Gasteiger charge is -2.13. The summed E-state index contributed by atoms with van der Waals surface area (Å²) in [6, 6.07) is 7.68. The van der Waals surface area contributed by atoms with Gasteiger partial charge in [0.15, 0.2) is 10.9 Å². The lowest BCUT2D eigenvalue weighted by Crippen LogP contribution is -2.22. The van der Waals surface area contributed by atoms with E-state index in [4.69, 9.17) is 0 Å². The molecule has 0 radical (unpaired) electrons. The predicted molar refractivity (Wildman–Crippen MR) is 115 cm³/mol. The molecule has 0 saturated carbocycles. The third kappa shape index (κ3) is 5.96. The van der Waals surface area contributed by atoms with Crippen LogP contribution in [0.5, 0.6) is 0 Å². The van der Waals surface area contributed by atoms with Crippen LogP contribution in [0, 0.1) is 13.8 Å². The Morgan fingerprint density at radius 2 is 1.89 bits per heavy atom. The molecular weight excluding hydrogens is 370 g/mol. The fourth-order valence-corrected chi connectivity index (χ4v) is 4.06. The lowest BCUT2D eigenvalue weighted by molar-refractivity contribution is -0.118. The molecule has 0 aliphatic carbocycles. The van der Waals surface area contributed by atoms with Gasteiger partial charge in [-0.15, -0.1) is 0 Å². The van der Waals surface area contributed by atoms with Gasteiger partial charge in [-0.2, -0.15) is 0 Å². The molecule has 1 heterocycles. The van der Waals surface area contributed by atoms with Gasteiger partial charge in [0.2, 0.25) is 5.91 Å². The van der Waals surface area contributed by atoms with Crippen LogP contribution in [0.1, 0.15) is 60.9 Å². The lowest BCUT2D eigenvalue weighted by atomic mass is 10.0.